The summed E-state index contributed by atoms with van der Waals surface area (Å²) >= 11 is 0. The average Bonchev–Trinajstić information content (AvgIpc) is 2.14. The van der Waals surface area contributed by atoms with Crippen LogP contribution in [0.5, 0.6) is 0 Å². The van der Waals surface area contributed by atoms with E-state index in [1.54, 1.807) is 0 Å². The Hall–Kier alpha value is -0.590. The minimum absolute atomic E-state index is 0.00954. The Balaban J connectivity index is 2.31. The first-order valence-electron chi connectivity index (χ1n) is 5.03. The lowest BCUT2D eigenvalue weighted by Crippen LogP contribution is -2.42. The van der Waals surface area contributed by atoms with Crippen molar-refractivity contribution in [2.45, 2.75) is 51.3 Å². The molecule has 1 saturated heterocycles. The van der Waals surface area contributed by atoms with Crippen LogP contribution in [-0.4, -0.2) is 24.8 Å². The van der Waals surface area contributed by atoms with Gasteiger partial charge in [0.1, 0.15) is 0 Å². The van der Waals surface area contributed by atoms with Gasteiger partial charge in [0.05, 0.1) is 18.2 Å². The van der Waals surface area contributed by atoms with E-state index in [2.05, 4.69) is 18.3 Å². The van der Waals surface area contributed by atoms with Gasteiger partial charge in [-0.15, -0.1) is 0 Å². The molecule has 74 valence electrons. The monoisotopic (exact) mass is 182 g/mol. The Morgan fingerprint density at radius 3 is 3.00 bits per heavy atom. The van der Waals surface area contributed by atoms with E-state index < -0.39 is 0 Å². The fraction of sp³-hybridized carbons (Fsp3) is 0.900. The summed E-state index contributed by atoms with van der Waals surface area (Å²) in [6.07, 6.45) is 3.27. The van der Waals surface area contributed by atoms with Crippen molar-refractivity contribution in [2.75, 3.05) is 6.61 Å². The molecule has 13 heavy (non-hydrogen) atoms. The van der Waals surface area contributed by atoms with Gasteiger partial charge in [0, 0.05) is 12.6 Å². The quantitative estimate of drug-likeness (QED) is 0.718. The van der Waals surface area contributed by atoms with E-state index in [4.69, 9.17) is 10.00 Å². The van der Waals surface area contributed by atoms with Gasteiger partial charge in [0.2, 0.25) is 0 Å². The van der Waals surface area contributed by atoms with Gasteiger partial charge in [0.25, 0.3) is 0 Å². The normalized spacial score (nSPS) is 30.8. The van der Waals surface area contributed by atoms with Crippen LogP contribution >= 0.6 is 0 Å². The molecule has 1 N–H and O–H groups in total. The van der Waals surface area contributed by atoms with Crippen molar-refractivity contribution in [3.63, 3.8) is 0 Å². The Bertz CT molecular complexity index is 188. The molecule has 1 rings (SSSR count). The Morgan fingerprint density at radius 2 is 2.46 bits per heavy atom. The highest BCUT2D eigenvalue weighted by molar-refractivity contribution is 4.91. The van der Waals surface area contributed by atoms with Crippen molar-refractivity contribution in [3.8, 4) is 6.07 Å². The summed E-state index contributed by atoms with van der Waals surface area (Å²) in [7, 11) is 0. The number of nitriles is 1. The van der Waals surface area contributed by atoms with Crippen LogP contribution in [0, 0.1) is 11.3 Å². The highest BCUT2D eigenvalue weighted by atomic mass is 16.5. The Morgan fingerprint density at radius 1 is 1.69 bits per heavy atom. The molecule has 0 aromatic carbocycles. The van der Waals surface area contributed by atoms with Crippen molar-refractivity contribution in [2.24, 2.45) is 0 Å². The predicted octanol–water partition coefficient (Wildman–Crippen LogP) is 1.45. The predicted molar refractivity (Wildman–Crippen MR) is 51.3 cm³/mol. The molecule has 0 spiro atoms. The van der Waals surface area contributed by atoms with Crippen LogP contribution < -0.4 is 5.32 Å². The van der Waals surface area contributed by atoms with Gasteiger partial charge >= 0.3 is 0 Å². The van der Waals surface area contributed by atoms with Crippen molar-refractivity contribution >= 4 is 0 Å². The molecule has 0 aliphatic carbocycles. The third-order valence-corrected chi connectivity index (χ3v) is 2.49. The molecule has 0 aromatic rings. The van der Waals surface area contributed by atoms with Crippen LogP contribution in [-0.2, 0) is 4.74 Å². The summed E-state index contributed by atoms with van der Waals surface area (Å²) in [5.74, 6) is 0. The maximum absolute atomic E-state index is 8.78. The zero-order valence-corrected chi connectivity index (χ0v) is 8.42. The largest absolute Gasteiger partial charge is 0.378 e. The fourth-order valence-electron chi connectivity index (χ4n) is 1.68. The molecular formula is C10H18N2O. The molecule has 0 radical (unpaired) electrons. The third kappa shape index (κ3) is 3.33. The molecule has 1 aliphatic rings. The summed E-state index contributed by atoms with van der Waals surface area (Å²) in [6, 6.07) is 2.74. The van der Waals surface area contributed by atoms with E-state index in [1.165, 1.54) is 0 Å². The standard InChI is InChI=1S/C10H18N2O/c1-3-9(7-11)12-10-4-5-13-8(2)6-10/h8-10,12H,3-6H2,1-2H3. The lowest BCUT2D eigenvalue weighted by molar-refractivity contribution is 0.0122. The molecule has 3 atom stereocenters. The molecule has 1 aliphatic heterocycles. The van der Waals surface area contributed by atoms with E-state index in [-0.39, 0.29) is 6.04 Å². The fourth-order valence-corrected chi connectivity index (χ4v) is 1.68. The van der Waals surface area contributed by atoms with Gasteiger partial charge in [-0.25, -0.2) is 0 Å². The van der Waals surface area contributed by atoms with Crippen LogP contribution in [0.25, 0.3) is 0 Å². The summed E-state index contributed by atoms with van der Waals surface area (Å²) in [6.45, 7) is 4.94. The van der Waals surface area contributed by atoms with Gasteiger partial charge in [-0.1, -0.05) is 6.92 Å². The molecule has 0 bridgehead atoms. The highest BCUT2D eigenvalue weighted by Crippen LogP contribution is 2.13. The van der Waals surface area contributed by atoms with Gasteiger partial charge in [-0.2, -0.15) is 5.26 Å². The van der Waals surface area contributed by atoms with E-state index in [0.29, 0.717) is 12.1 Å². The van der Waals surface area contributed by atoms with E-state index in [1.807, 2.05) is 6.92 Å². The second-order valence-corrected chi connectivity index (χ2v) is 3.66. The van der Waals surface area contributed by atoms with E-state index >= 15 is 0 Å². The SMILES string of the molecule is CCC(C#N)NC1CCOC(C)C1. The van der Waals surface area contributed by atoms with Crippen LogP contribution in [0.15, 0.2) is 0 Å². The first kappa shape index (κ1) is 10.5. The average molecular weight is 182 g/mol. The van der Waals surface area contributed by atoms with E-state index in [0.717, 1.165) is 25.9 Å². The number of rotatable bonds is 3. The minimum Gasteiger partial charge on any atom is -0.378 e. The first-order valence-corrected chi connectivity index (χ1v) is 5.03. The summed E-state index contributed by atoms with van der Waals surface area (Å²) in [4.78, 5) is 0. The molecule has 1 heterocycles. The summed E-state index contributed by atoms with van der Waals surface area (Å²) in [5, 5.41) is 12.1. The topological polar surface area (TPSA) is 45.0 Å². The molecular weight excluding hydrogens is 164 g/mol. The molecule has 3 heteroatoms. The van der Waals surface area contributed by atoms with Crippen LogP contribution in [0.3, 0.4) is 0 Å². The lowest BCUT2D eigenvalue weighted by Gasteiger charge is -2.29. The maximum Gasteiger partial charge on any atom is 0.0952 e. The summed E-state index contributed by atoms with van der Waals surface area (Å²) < 4.78 is 5.43. The van der Waals surface area contributed by atoms with Crippen molar-refractivity contribution < 1.29 is 4.74 Å². The number of nitrogens with zero attached hydrogens (tertiary/aromatic N) is 1. The Labute approximate surface area is 80.1 Å². The van der Waals surface area contributed by atoms with Crippen molar-refractivity contribution in [1.29, 1.82) is 5.26 Å². The van der Waals surface area contributed by atoms with Crippen molar-refractivity contribution in [3.05, 3.63) is 0 Å². The highest BCUT2D eigenvalue weighted by Gasteiger charge is 2.20. The van der Waals surface area contributed by atoms with Crippen LogP contribution in [0.4, 0.5) is 0 Å². The molecule has 0 saturated carbocycles. The van der Waals surface area contributed by atoms with Gasteiger partial charge in [0.15, 0.2) is 0 Å². The summed E-state index contributed by atoms with van der Waals surface area (Å²) in [5.41, 5.74) is 0. The van der Waals surface area contributed by atoms with Crippen LogP contribution in [0.2, 0.25) is 0 Å². The van der Waals surface area contributed by atoms with Crippen molar-refractivity contribution in [1.82, 2.24) is 5.32 Å². The smallest absolute Gasteiger partial charge is 0.0952 e. The number of nitrogens with one attached hydrogen (secondary N) is 1. The minimum atomic E-state index is 0.00954. The molecule has 3 unspecified atom stereocenters. The van der Waals surface area contributed by atoms with Crippen LogP contribution in [0.1, 0.15) is 33.1 Å². The molecule has 3 nitrogen and oxygen atoms in total. The zero-order chi connectivity index (χ0) is 9.68. The van der Waals surface area contributed by atoms with Gasteiger partial charge < -0.3 is 4.74 Å². The Kier molecular flexibility index (Phi) is 4.20. The number of hydrogen-bond donors (Lipinski definition) is 1. The second-order valence-electron chi connectivity index (χ2n) is 3.66. The number of ether oxygens (including phenoxy) is 1. The molecule has 1 fully saturated rings. The third-order valence-electron chi connectivity index (χ3n) is 2.49. The van der Waals surface area contributed by atoms with E-state index in [9.17, 15) is 0 Å². The number of hydrogen-bond acceptors (Lipinski definition) is 3. The molecule has 0 amide bonds. The second kappa shape index (κ2) is 5.21. The van der Waals surface area contributed by atoms with Gasteiger partial charge in [-0.05, 0) is 26.2 Å². The zero-order valence-electron chi connectivity index (χ0n) is 8.42. The maximum atomic E-state index is 8.78. The lowest BCUT2D eigenvalue weighted by atomic mass is 10.0. The first-order chi connectivity index (χ1) is 6.26. The van der Waals surface area contributed by atoms with Gasteiger partial charge in [-0.3, -0.25) is 5.32 Å². The molecule has 0 aromatic heterocycles.